The van der Waals surface area contributed by atoms with Gasteiger partial charge in [0.1, 0.15) is 0 Å². The maximum absolute atomic E-state index is 10.0. The minimum atomic E-state index is -0.455. The van der Waals surface area contributed by atoms with Gasteiger partial charge in [0.05, 0.1) is 6.10 Å². The molecule has 16 heavy (non-hydrogen) atoms. The molecular weight excluding hydrogens is 287 g/mol. The van der Waals surface area contributed by atoms with Crippen molar-refractivity contribution in [1.82, 2.24) is 0 Å². The van der Waals surface area contributed by atoms with E-state index < -0.39 is 6.10 Å². The van der Waals surface area contributed by atoms with Crippen molar-refractivity contribution in [1.29, 1.82) is 0 Å². The second-order valence-electron chi connectivity index (χ2n) is 4.51. The highest BCUT2D eigenvalue weighted by Crippen LogP contribution is 2.29. The van der Waals surface area contributed by atoms with Crippen molar-refractivity contribution in [2.45, 2.75) is 39.2 Å². The Morgan fingerprint density at radius 3 is 2.62 bits per heavy atom. The van der Waals surface area contributed by atoms with E-state index in [4.69, 9.17) is 11.6 Å². The molecule has 0 saturated heterocycles. The Labute approximate surface area is 111 Å². The molecule has 1 atom stereocenters. The van der Waals surface area contributed by atoms with E-state index >= 15 is 0 Å². The summed E-state index contributed by atoms with van der Waals surface area (Å²) in [6, 6.07) is 5.59. The fraction of sp³-hybridized carbons (Fsp3) is 0.538. The van der Waals surface area contributed by atoms with Gasteiger partial charge in [-0.05, 0) is 30.5 Å². The molecule has 0 bridgehead atoms. The molecule has 90 valence electrons. The standard InChI is InChI=1S/C13H18BrClO/c1-9(2)4-3-5-13(16)11-8-10(14)6-7-12(11)15/h6-9,13,16H,3-5H2,1-2H3. The van der Waals surface area contributed by atoms with Gasteiger partial charge in [0.2, 0.25) is 0 Å². The van der Waals surface area contributed by atoms with Crippen LogP contribution in [0, 0.1) is 5.92 Å². The molecule has 0 fully saturated rings. The molecule has 1 nitrogen and oxygen atoms in total. The minimum absolute atomic E-state index is 0.455. The molecule has 0 aliphatic carbocycles. The molecule has 0 aliphatic heterocycles. The van der Waals surface area contributed by atoms with Gasteiger partial charge in [-0.3, -0.25) is 0 Å². The highest BCUT2D eigenvalue weighted by molar-refractivity contribution is 9.10. The first kappa shape index (κ1) is 14.0. The first-order valence-corrected chi connectivity index (χ1v) is 6.81. The van der Waals surface area contributed by atoms with Crippen LogP contribution < -0.4 is 0 Å². The van der Waals surface area contributed by atoms with Crippen LogP contribution in [0.5, 0.6) is 0 Å². The van der Waals surface area contributed by atoms with Crippen molar-refractivity contribution < 1.29 is 5.11 Å². The molecule has 3 heteroatoms. The average molecular weight is 306 g/mol. The van der Waals surface area contributed by atoms with Crippen molar-refractivity contribution in [2.75, 3.05) is 0 Å². The number of hydrogen-bond donors (Lipinski definition) is 1. The Hall–Kier alpha value is -0.0500. The summed E-state index contributed by atoms with van der Waals surface area (Å²) in [5.41, 5.74) is 0.819. The lowest BCUT2D eigenvalue weighted by Gasteiger charge is -2.13. The van der Waals surface area contributed by atoms with Crippen molar-refractivity contribution in [3.63, 3.8) is 0 Å². The molecule has 0 aromatic heterocycles. The van der Waals surface area contributed by atoms with Crippen LogP contribution in [0.25, 0.3) is 0 Å². The van der Waals surface area contributed by atoms with E-state index in [-0.39, 0.29) is 0 Å². The Balaban J connectivity index is 2.58. The van der Waals surface area contributed by atoms with Gasteiger partial charge in [0.25, 0.3) is 0 Å². The number of aliphatic hydroxyl groups excluding tert-OH is 1. The quantitative estimate of drug-likeness (QED) is 0.815. The first-order chi connectivity index (χ1) is 7.50. The van der Waals surface area contributed by atoms with Gasteiger partial charge in [0, 0.05) is 15.1 Å². The highest BCUT2D eigenvalue weighted by Gasteiger charge is 2.12. The van der Waals surface area contributed by atoms with Crippen molar-refractivity contribution >= 4 is 27.5 Å². The topological polar surface area (TPSA) is 20.2 Å². The van der Waals surface area contributed by atoms with E-state index in [0.717, 1.165) is 29.3 Å². The molecule has 0 saturated carbocycles. The molecule has 0 spiro atoms. The summed E-state index contributed by atoms with van der Waals surface area (Å²) < 4.78 is 0.954. The van der Waals surface area contributed by atoms with Gasteiger partial charge in [-0.1, -0.05) is 54.2 Å². The largest absolute Gasteiger partial charge is 0.388 e. The van der Waals surface area contributed by atoms with E-state index in [1.165, 1.54) is 0 Å². The minimum Gasteiger partial charge on any atom is -0.388 e. The smallest absolute Gasteiger partial charge is 0.0804 e. The Morgan fingerprint density at radius 1 is 1.31 bits per heavy atom. The Bertz CT molecular complexity index is 339. The average Bonchev–Trinajstić information content (AvgIpc) is 2.21. The second kappa shape index (κ2) is 6.63. The summed E-state index contributed by atoms with van der Waals surface area (Å²) in [6.07, 6.45) is 2.49. The second-order valence-corrected chi connectivity index (χ2v) is 5.83. The number of rotatable bonds is 5. The summed E-state index contributed by atoms with van der Waals surface area (Å²) >= 11 is 9.44. The fourth-order valence-electron chi connectivity index (χ4n) is 1.64. The van der Waals surface area contributed by atoms with Crippen LogP contribution in [-0.4, -0.2) is 5.11 Å². The molecule has 0 aliphatic rings. The molecule has 0 heterocycles. The fourth-order valence-corrected chi connectivity index (χ4v) is 2.27. The van der Waals surface area contributed by atoms with Gasteiger partial charge in [0.15, 0.2) is 0 Å². The first-order valence-electron chi connectivity index (χ1n) is 5.63. The normalized spacial score (nSPS) is 13.1. The van der Waals surface area contributed by atoms with Crippen LogP contribution in [0.4, 0.5) is 0 Å². The van der Waals surface area contributed by atoms with Crippen molar-refractivity contribution in [3.05, 3.63) is 33.3 Å². The molecular formula is C13H18BrClO. The summed E-state index contributed by atoms with van der Waals surface area (Å²) in [5.74, 6) is 0.685. The predicted octanol–water partition coefficient (Wildman–Crippen LogP) is 4.96. The van der Waals surface area contributed by atoms with E-state index in [1.54, 1.807) is 0 Å². The zero-order valence-corrected chi connectivity index (χ0v) is 12.1. The van der Waals surface area contributed by atoms with Gasteiger partial charge < -0.3 is 5.11 Å². The number of benzene rings is 1. The zero-order chi connectivity index (χ0) is 12.1. The number of hydrogen-bond acceptors (Lipinski definition) is 1. The Kier molecular flexibility index (Phi) is 5.81. The number of halogens is 2. The third kappa shape index (κ3) is 4.44. The Morgan fingerprint density at radius 2 is 2.00 bits per heavy atom. The summed E-state index contributed by atoms with van der Waals surface area (Å²) in [5, 5.41) is 10.7. The van der Waals surface area contributed by atoms with Crippen molar-refractivity contribution in [2.24, 2.45) is 5.92 Å². The molecule has 1 unspecified atom stereocenters. The van der Waals surface area contributed by atoms with Crippen molar-refractivity contribution in [3.8, 4) is 0 Å². The van der Waals surface area contributed by atoms with Gasteiger partial charge >= 0.3 is 0 Å². The van der Waals surface area contributed by atoms with E-state index in [0.29, 0.717) is 10.9 Å². The lowest BCUT2D eigenvalue weighted by atomic mass is 10.0. The summed E-state index contributed by atoms with van der Waals surface area (Å²) in [4.78, 5) is 0. The maximum Gasteiger partial charge on any atom is 0.0804 e. The van der Waals surface area contributed by atoms with Gasteiger partial charge in [-0.15, -0.1) is 0 Å². The summed E-state index contributed by atoms with van der Waals surface area (Å²) in [6.45, 7) is 4.39. The molecule has 0 radical (unpaired) electrons. The molecule has 1 aromatic rings. The number of aliphatic hydroxyl groups is 1. The summed E-state index contributed by atoms with van der Waals surface area (Å²) in [7, 11) is 0. The van der Waals surface area contributed by atoms with E-state index in [2.05, 4.69) is 29.8 Å². The van der Waals surface area contributed by atoms with Gasteiger partial charge in [-0.25, -0.2) is 0 Å². The van der Waals surface area contributed by atoms with Crippen LogP contribution in [-0.2, 0) is 0 Å². The molecule has 1 N–H and O–H groups in total. The van der Waals surface area contributed by atoms with Crippen LogP contribution >= 0.6 is 27.5 Å². The van der Waals surface area contributed by atoms with E-state index in [9.17, 15) is 5.11 Å². The third-order valence-corrected chi connectivity index (χ3v) is 3.41. The molecule has 0 amide bonds. The predicted molar refractivity (Wildman–Crippen MR) is 72.8 cm³/mol. The van der Waals surface area contributed by atoms with Crippen LogP contribution in [0.2, 0.25) is 5.02 Å². The van der Waals surface area contributed by atoms with Gasteiger partial charge in [-0.2, -0.15) is 0 Å². The van der Waals surface area contributed by atoms with E-state index in [1.807, 2.05) is 18.2 Å². The van der Waals surface area contributed by atoms with Crippen LogP contribution in [0.1, 0.15) is 44.8 Å². The monoisotopic (exact) mass is 304 g/mol. The highest BCUT2D eigenvalue weighted by atomic mass is 79.9. The van der Waals surface area contributed by atoms with Crippen LogP contribution in [0.15, 0.2) is 22.7 Å². The molecule has 1 aromatic carbocycles. The van der Waals surface area contributed by atoms with Crippen LogP contribution in [0.3, 0.4) is 0 Å². The lowest BCUT2D eigenvalue weighted by Crippen LogP contribution is -1.99. The third-order valence-electron chi connectivity index (χ3n) is 2.58. The lowest BCUT2D eigenvalue weighted by molar-refractivity contribution is 0.162. The SMILES string of the molecule is CC(C)CCCC(O)c1cc(Br)ccc1Cl. The zero-order valence-electron chi connectivity index (χ0n) is 9.71. The maximum atomic E-state index is 10.0. The molecule has 1 rings (SSSR count).